The molecule has 4 saturated carbocycles. The molecular formula is C16H20N2O. The second kappa shape index (κ2) is 4.06. The Morgan fingerprint density at radius 3 is 2.00 bits per heavy atom. The average molecular weight is 256 g/mol. The zero-order valence-electron chi connectivity index (χ0n) is 11.2. The minimum atomic E-state index is -0.0354. The largest absolute Gasteiger partial charge is 0.594 e. The minimum absolute atomic E-state index is 0.0354. The molecule has 3 nitrogen and oxygen atoms in total. The summed E-state index contributed by atoms with van der Waals surface area (Å²) < 4.78 is 0. The van der Waals surface area contributed by atoms with E-state index in [2.05, 4.69) is 5.11 Å². The van der Waals surface area contributed by atoms with Crippen LogP contribution in [0.4, 0.5) is 5.69 Å². The van der Waals surface area contributed by atoms with E-state index in [9.17, 15) is 5.21 Å². The van der Waals surface area contributed by atoms with Crippen LogP contribution in [0.2, 0.25) is 0 Å². The summed E-state index contributed by atoms with van der Waals surface area (Å²) in [5.41, 5.74) is 0.630. The number of para-hydroxylation sites is 1. The first-order valence-electron chi connectivity index (χ1n) is 7.48. The van der Waals surface area contributed by atoms with E-state index in [-0.39, 0.29) is 5.54 Å². The molecule has 3 heteroatoms. The summed E-state index contributed by atoms with van der Waals surface area (Å²) in [6.07, 6.45) is 7.59. The Hall–Kier alpha value is -1.38. The summed E-state index contributed by atoms with van der Waals surface area (Å²) >= 11 is 0. The molecule has 0 amide bonds. The van der Waals surface area contributed by atoms with Gasteiger partial charge in [-0.3, -0.25) is 0 Å². The van der Waals surface area contributed by atoms with Crippen LogP contribution in [0.25, 0.3) is 0 Å². The highest BCUT2D eigenvalue weighted by atomic mass is 16.5. The summed E-state index contributed by atoms with van der Waals surface area (Å²) in [6.45, 7) is 0. The highest BCUT2D eigenvalue weighted by molar-refractivity contribution is 5.28. The lowest BCUT2D eigenvalue weighted by molar-refractivity contribution is -0.454. The van der Waals surface area contributed by atoms with Gasteiger partial charge in [0.2, 0.25) is 5.69 Å². The van der Waals surface area contributed by atoms with Crippen molar-refractivity contribution < 1.29 is 4.86 Å². The van der Waals surface area contributed by atoms with Crippen molar-refractivity contribution in [2.45, 2.75) is 44.1 Å². The predicted octanol–water partition coefficient (Wildman–Crippen LogP) is 4.25. The van der Waals surface area contributed by atoms with E-state index in [0.717, 1.165) is 41.9 Å². The molecule has 0 spiro atoms. The quantitative estimate of drug-likeness (QED) is 0.443. The molecule has 4 bridgehead atoms. The highest BCUT2D eigenvalue weighted by Gasteiger charge is 2.53. The van der Waals surface area contributed by atoms with Gasteiger partial charge in [0.1, 0.15) is 5.54 Å². The van der Waals surface area contributed by atoms with Gasteiger partial charge in [-0.1, -0.05) is 23.1 Å². The predicted molar refractivity (Wildman–Crippen MR) is 73.1 cm³/mol. The Morgan fingerprint density at radius 2 is 1.47 bits per heavy atom. The smallest absolute Gasteiger partial charge is 0.244 e. The molecule has 0 saturated heterocycles. The van der Waals surface area contributed by atoms with E-state index < -0.39 is 0 Å². The van der Waals surface area contributed by atoms with Gasteiger partial charge in [-0.2, -0.15) is 0 Å². The minimum Gasteiger partial charge on any atom is -0.594 e. The number of azo groups is 1. The van der Waals surface area contributed by atoms with E-state index in [0.29, 0.717) is 5.69 Å². The van der Waals surface area contributed by atoms with Gasteiger partial charge < -0.3 is 5.21 Å². The standard InChI is InChI=1S/C16H20N2O/c19-18(15-4-2-1-3-5-15)17-16-9-12-6-13(10-16)8-14(7-12)11-16/h1-5,12-14H,6-11H2. The molecule has 5 rings (SSSR count). The van der Waals surface area contributed by atoms with Crippen LogP contribution in [0.1, 0.15) is 38.5 Å². The van der Waals surface area contributed by atoms with Crippen LogP contribution in [0, 0.1) is 23.0 Å². The van der Waals surface area contributed by atoms with Gasteiger partial charge in [-0.15, -0.1) is 0 Å². The molecule has 0 heterocycles. The molecule has 0 aromatic heterocycles. The summed E-state index contributed by atoms with van der Waals surface area (Å²) in [6, 6.07) is 9.42. The molecule has 1 aromatic rings. The van der Waals surface area contributed by atoms with E-state index in [1.54, 1.807) is 0 Å². The molecular weight excluding hydrogens is 236 g/mol. The maximum atomic E-state index is 12.3. The zero-order valence-corrected chi connectivity index (χ0v) is 11.2. The Kier molecular flexibility index (Phi) is 2.44. The third kappa shape index (κ3) is 1.96. The van der Waals surface area contributed by atoms with Gasteiger partial charge >= 0.3 is 0 Å². The van der Waals surface area contributed by atoms with Gasteiger partial charge in [0.15, 0.2) is 0 Å². The molecule has 4 fully saturated rings. The van der Waals surface area contributed by atoms with E-state index >= 15 is 0 Å². The molecule has 19 heavy (non-hydrogen) atoms. The van der Waals surface area contributed by atoms with E-state index in [1.165, 1.54) is 19.3 Å². The fourth-order valence-electron chi connectivity index (χ4n) is 4.99. The van der Waals surface area contributed by atoms with Crippen molar-refractivity contribution in [1.82, 2.24) is 0 Å². The van der Waals surface area contributed by atoms with Crippen LogP contribution in [-0.4, -0.2) is 10.4 Å². The molecule has 0 atom stereocenters. The van der Waals surface area contributed by atoms with Gasteiger partial charge in [-0.05, 0) is 61.4 Å². The SMILES string of the molecule is [O-][N+](=NC12CC3CC(CC(C3)C1)C2)c1ccccc1. The number of benzene rings is 1. The van der Waals surface area contributed by atoms with Gasteiger partial charge in [0, 0.05) is 12.1 Å². The number of hydrogen-bond acceptors (Lipinski definition) is 2. The fourth-order valence-corrected chi connectivity index (χ4v) is 4.99. The molecule has 0 aliphatic heterocycles. The van der Waals surface area contributed by atoms with Crippen LogP contribution in [-0.2, 0) is 0 Å². The van der Waals surface area contributed by atoms with Crippen molar-refractivity contribution in [3.8, 4) is 0 Å². The van der Waals surface area contributed by atoms with E-state index in [1.807, 2.05) is 30.3 Å². The monoisotopic (exact) mass is 256 g/mol. The lowest BCUT2D eigenvalue weighted by Gasteiger charge is -2.53. The second-order valence-corrected chi connectivity index (χ2v) is 6.85. The van der Waals surface area contributed by atoms with Gasteiger partial charge in [0.05, 0.1) is 0 Å². The van der Waals surface area contributed by atoms with Crippen LogP contribution >= 0.6 is 0 Å². The van der Waals surface area contributed by atoms with Crippen LogP contribution < -0.4 is 0 Å². The van der Waals surface area contributed by atoms with Crippen molar-refractivity contribution in [2.75, 3.05) is 0 Å². The van der Waals surface area contributed by atoms with Crippen LogP contribution in [0.15, 0.2) is 35.4 Å². The average Bonchev–Trinajstić information content (AvgIpc) is 2.37. The summed E-state index contributed by atoms with van der Waals surface area (Å²) in [5, 5.41) is 16.9. The molecule has 0 N–H and O–H groups in total. The van der Waals surface area contributed by atoms with Crippen molar-refractivity contribution in [1.29, 1.82) is 0 Å². The van der Waals surface area contributed by atoms with Crippen molar-refractivity contribution in [3.05, 3.63) is 35.5 Å². The number of hydrogen-bond donors (Lipinski definition) is 0. The van der Waals surface area contributed by atoms with Crippen molar-refractivity contribution >= 4 is 5.69 Å². The lowest BCUT2D eigenvalue weighted by atomic mass is 9.53. The Balaban J connectivity index is 1.65. The van der Waals surface area contributed by atoms with Gasteiger partial charge in [0.25, 0.3) is 0 Å². The Morgan fingerprint density at radius 1 is 0.947 bits per heavy atom. The fraction of sp³-hybridized carbons (Fsp3) is 0.625. The lowest BCUT2D eigenvalue weighted by Crippen LogP contribution is -2.49. The second-order valence-electron chi connectivity index (χ2n) is 6.85. The Labute approximate surface area is 113 Å². The third-order valence-electron chi connectivity index (χ3n) is 5.29. The van der Waals surface area contributed by atoms with Crippen molar-refractivity contribution in [2.24, 2.45) is 22.9 Å². The van der Waals surface area contributed by atoms with Crippen LogP contribution in [0.5, 0.6) is 0 Å². The topological polar surface area (TPSA) is 38.4 Å². The summed E-state index contributed by atoms with van der Waals surface area (Å²) in [7, 11) is 0. The summed E-state index contributed by atoms with van der Waals surface area (Å²) in [5.74, 6) is 2.50. The van der Waals surface area contributed by atoms with Crippen molar-refractivity contribution in [3.63, 3.8) is 0 Å². The molecule has 0 radical (unpaired) electrons. The summed E-state index contributed by atoms with van der Waals surface area (Å²) in [4.78, 5) is 0.882. The first-order valence-corrected chi connectivity index (χ1v) is 7.48. The molecule has 4 aliphatic carbocycles. The molecule has 100 valence electrons. The van der Waals surface area contributed by atoms with Gasteiger partial charge in [-0.25, -0.2) is 0 Å². The maximum absolute atomic E-state index is 12.3. The zero-order chi connectivity index (χ0) is 12.9. The number of nitrogens with zero attached hydrogens (tertiary/aromatic N) is 2. The Bertz CT molecular complexity index is 473. The normalized spacial score (nSPS) is 40.6. The first-order chi connectivity index (χ1) is 9.22. The third-order valence-corrected chi connectivity index (χ3v) is 5.29. The molecule has 4 aliphatic rings. The first kappa shape index (κ1) is 11.4. The highest BCUT2D eigenvalue weighted by Crippen LogP contribution is 2.57. The maximum Gasteiger partial charge on any atom is 0.244 e. The molecule has 1 aromatic carbocycles. The van der Waals surface area contributed by atoms with Crippen LogP contribution in [0.3, 0.4) is 0 Å². The van der Waals surface area contributed by atoms with E-state index in [4.69, 9.17) is 0 Å². The number of rotatable bonds is 2. The molecule has 0 unspecified atom stereocenters.